The zero-order valence-electron chi connectivity index (χ0n) is 30.9. The third kappa shape index (κ3) is 13.4. The zero-order chi connectivity index (χ0) is 38.6. The molecule has 3 rings (SSSR count). The van der Waals surface area contributed by atoms with Crippen LogP contribution in [0.5, 0.6) is 0 Å². The highest BCUT2D eigenvalue weighted by Crippen LogP contribution is 2.24. The van der Waals surface area contributed by atoms with Crippen LogP contribution in [0.2, 0.25) is 0 Å². The lowest BCUT2D eigenvalue weighted by Crippen LogP contribution is -2.59. The summed E-state index contributed by atoms with van der Waals surface area (Å²) in [7, 11) is 0. The topological polar surface area (TPSA) is 199 Å². The monoisotopic (exact) mass is 736 g/mol. The standard InChI is InChI=1S/C38H52N6O7S/c1-22(2)17-29(41-24(4)45)35(48)44-32(21-52-38(5,6)7)36(49)42-30(19-26-20-39-28-16-12-11-15-27(26)28)34(47)40-23(3)33(46)43-31(37(50)51)18-25-13-9-8-10-14-25/h8-16,20,22-23,29-32,39H,17-19,21H2,1-7H3,(H,40,47)(H,41,45)(H,42,49)(H,43,46)(H,44,48)(H,50,51)/t23-,29-,30-,31-,32-/m0/s1. The van der Waals surface area contributed by atoms with E-state index in [9.17, 15) is 33.9 Å². The molecule has 14 heteroatoms. The highest BCUT2D eigenvalue weighted by atomic mass is 32.2. The number of hydrogen-bond donors (Lipinski definition) is 7. The number of fused-ring (bicyclic) bond motifs is 1. The van der Waals surface area contributed by atoms with Crippen LogP contribution in [0.15, 0.2) is 60.8 Å². The van der Waals surface area contributed by atoms with Crippen molar-refractivity contribution < 1.29 is 33.9 Å². The second-order valence-electron chi connectivity index (χ2n) is 14.3. The summed E-state index contributed by atoms with van der Waals surface area (Å²) in [4.78, 5) is 81.7. The van der Waals surface area contributed by atoms with Gasteiger partial charge in [0.2, 0.25) is 29.5 Å². The molecule has 1 heterocycles. The third-order valence-electron chi connectivity index (χ3n) is 8.10. The smallest absolute Gasteiger partial charge is 0.326 e. The average molecular weight is 737 g/mol. The number of carboxylic acid groups (broad SMARTS) is 1. The van der Waals surface area contributed by atoms with Crippen LogP contribution < -0.4 is 26.6 Å². The predicted molar refractivity (Wildman–Crippen MR) is 202 cm³/mol. The molecule has 0 saturated heterocycles. The van der Waals surface area contributed by atoms with E-state index in [0.29, 0.717) is 12.0 Å². The van der Waals surface area contributed by atoms with Gasteiger partial charge in [0.1, 0.15) is 30.2 Å². The molecule has 3 aromatic rings. The van der Waals surface area contributed by atoms with Gasteiger partial charge in [0, 0.05) is 47.4 Å². The van der Waals surface area contributed by atoms with Crippen LogP contribution in [0.25, 0.3) is 10.9 Å². The summed E-state index contributed by atoms with van der Waals surface area (Å²) in [5.74, 6) is -3.90. The van der Waals surface area contributed by atoms with E-state index in [1.807, 2.05) is 58.9 Å². The van der Waals surface area contributed by atoms with Gasteiger partial charge in [-0.25, -0.2) is 4.79 Å². The molecule has 0 aliphatic rings. The number of H-pyrrole nitrogens is 1. The number of benzene rings is 2. The number of rotatable bonds is 18. The molecule has 0 bridgehead atoms. The van der Waals surface area contributed by atoms with Gasteiger partial charge in [-0.05, 0) is 36.5 Å². The molecule has 282 valence electrons. The molecular weight excluding hydrogens is 685 g/mol. The van der Waals surface area contributed by atoms with E-state index in [2.05, 4.69) is 31.6 Å². The second-order valence-corrected chi connectivity index (χ2v) is 16.2. The van der Waals surface area contributed by atoms with Crippen molar-refractivity contribution in [1.82, 2.24) is 31.6 Å². The molecule has 0 aliphatic carbocycles. The number of para-hydroxylation sites is 1. The molecular formula is C38H52N6O7S. The molecule has 0 fully saturated rings. The fraction of sp³-hybridized carbons (Fsp3) is 0.474. The number of aliphatic carboxylic acids is 1. The van der Waals surface area contributed by atoms with Gasteiger partial charge in [-0.15, -0.1) is 0 Å². The first-order valence-corrected chi connectivity index (χ1v) is 18.4. The summed E-state index contributed by atoms with van der Waals surface area (Å²) in [5.41, 5.74) is 2.27. The number of carbonyl (C=O) groups is 6. The first kappa shape index (κ1) is 41.6. The van der Waals surface area contributed by atoms with Gasteiger partial charge in [-0.3, -0.25) is 24.0 Å². The van der Waals surface area contributed by atoms with Gasteiger partial charge in [0.15, 0.2) is 0 Å². The minimum Gasteiger partial charge on any atom is -0.480 e. The van der Waals surface area contributed by atoms with Crippen molar-refractivity contribution in [3.05, 3.63) is 71.9 Å². The Bertz CT molecular complexity index is 1700. The lowest BCUT2D eigenvalue weighted by atomic mass is 10.0. The summed E-state index contributed by atoms with van der Waals surface area (Å²) >= 11 is 1.45. The minimum absolute atomic E-state index is 0.0383. The lowest BCUT2D eigenvalue weighted by Gasteiger charge is -2.28. The summed E-state index contributed by atoms with van der Waals surface area (Å²) in [6.45, 7) is 12.5. The Morgan fingerprint density at radius 2 is 1.29 bits per heavy atom. The lowest BCUT2D eigenvalue weighted by molar-refractivity contribution is -0.142. The quantitative estimate of drug-likeness (QED) is 0.103. The van der Waals surface area contributed by atoms with Crippen LogP contribution in [0, 0.1) is 5.92 Å². The predicted octanol–water partition coefficient (Wildman–Crippen LogP) is 3.08. The Kier molecular flexibility index (Phi) is 15.3. The molecule has 0 spiro atoms. The van der Waals surface area contributed by atoms with Gasteiger partial charge in [-0.2, -0.15) is 11.8 Å². The largest absolute Gasteiger partial charge is 0.480 e. The Morgan fingerprint density at radius 1 is 0.712 bits per heavy atom. The number of aromatic amines is 1. The van der Waals surface area contributed by atoms with Gasteiger partial charge in [0.05, 0.1) is 0 Å². The molecule has 0 aliphatic heterocycles. The molecule has 52 heavy (non-hydrogen) atoms. The Labute approximate surface area is 309 Å². The van der Waals surface area contributed by atoms with Gasteiger partial charge < -0.3 is 36.7 Å². The molecule has 5 amide bonds. The highest BCUT2D eigenvalue weighted by Gasteiger charge is 2.33. The minimum atomic E-state index is -1.24. The second kappa shape index (κ2) is 19.1. The van der Waals surface area contributed by atoms with Crippen LogP contribution in [0.3, 0.4) is 0 Å². The Hall–Kier alpha value is -4.85. The number of hydrogen-bond acceptors (Lipinski definition) is 7. The molecule has 0 saturated carbocycles. The van der Waals surface area contributed by atoms with E-state index in [4.69, 9.17) is 0 Å². The van der Waals surface area contributed by atoms with Gasteiger partial charge in [-0.1, -0.05) is 83.1 Å². The van der Waals surface area contributed by atoms with Crippen molar-refractivity contribution in [3.63, 3.8) is 0 Å². The van der Waals surface area contributed by atoms with Crippen molar-refractivity contribution in [2.75, 3.05) is 5.75 Å². The maximum absolute atomic E-state index is 14.0. The fourth-order valence-electron chi connectivity index (χ4n) is 5.46. The van der Waals surface area contributed by atoms with Crippen LogP contribution in [0.1, 0.15) is 66.0 Å². The maximum Gasteiger partial charge on any atom is 0.326 e. The average Bonchev–Trinajstić information content (AvgIpc) is 3.47. The van der Waals surface area contributed by atoms with Crippen molar-refractivity contribution >= 4 is 58.2 Å². The number of thioether (sulfide) groups is 1. The molecule has 13 nitrogen and oxygen atoms in total. The van der Waals surface area contributed by atoms with Crippen LogP contribution in [0.4, 0.5) is 0 Å². The van der Waals surface area contributed by atoms with Crippen LogP contribution in [-0.4, -0.2) is 86.3 Å². The normalized spacial score (nSPS) is 14.4. The van der Waals surface area contributed by atoms with E-state index in [1.165, 1.54) is 25.6 Å². The summed E-state index contributed by atoms with van der Waals surface area (Å²) in [5, 5.41) is 24.1. The molecule has 5 atom stereocenters. The van der Waals surface area contributed by atoms with E-state index in [-0.39, 0.29) is 35.2 Å². The Balaban J connectivity index is 1.86. The van der Waals surface area contributed by atoms with Crippen molar-refractivity contribution in [3.8, 4) is 0 Å². The van der Waals surface area contributed by atoms with Gasteiger partial charge >= 0.3 is 5.97 Å². The molecule has 2 aromatic carbocycles. The van der Waals surface area contributed by atoms with Gasteiger partial charge in [0.25, 0.3) is 0 Å². The molecule has 0 radical (unpaired) electrons. The van der Waals surface area contributed by atoms with E-state index < -0.39 is 59.8 Å². The molecule has 0 unspecified atom stereocenters. The highest BCUT2D eigenvalue weighted by molar-refractivity contribution is 8.00. The van der Waals surface area contributed by atoms with E-state index in [1.54, 1.807) is 36.5 Å². The summed E-state index contributed by atoms with van der Waals surface area (Å²) < 4.78 is -0.268. The third-order valence-corrected chi connectivity index (χ3v) is 9.46. The molecule has 1 aromatic heterocycles. The SMILES string of the molecule is CC(=O)N[C@@H](CC(C)C)C(=O)N[C@@H](CSC(C)(C)C)C(=O)N[C@@H](Cc1c[nH]c2ccccc12)C(=O)N[C@@H](C)C(=O)N[C@@H](Cc1ccccc1)C(=O)O. The number of carboxylic acids is 1. The zero-order valence-corrected chi connectivity index (χ0v) is 31.7. The first-order chi connectivity index (χ1) is 24.4. The fourth-order valence-corrected chi connectivity index (χ4v) is 6.37. The van der Waals surface area contributed by atoms with Crippen molar-refractivity contribution in [2.24, 2.45) is 5.92 Å². The number of nitrogens with one attached hydrogen (secondary N) is 6. The number of aromatic nitrogens is 1. The van der Waals surface area contributed by atoms with Crippen LogP contribution in [-0.2, 0) is 41.6 Å². The van der Waals surface area contributed by atoms with Crippen LogP contribution >= 0.6 is 11.8 Å². The number of carbonyl (C=O) groups excluding carboxylic acids is 5. The number of amides is 5. The van der Waals surface area contributed by atoms with E-state index >= 15 is 0 Å². The van der Waals surface area contributed by atoms with Crippen molar-refractivity contribution in [1.29, 1.82) is 0 Å². The summed E-state index contributed by atoms with van der Waals surface area (Å²) in [6.07, 6.45) is 2.18. The molecule has 7 N–H and O–H groups in total. The first-order valence-electron chi connectivity index (χ1n) is 17.4. The maximum atomic E-state index is 14.0. The van der Waals surface area contributed by atoms with Crippen molar-refractivity contribution in [2.45, 2.75) is 103 Å². The Morgan fingerprint density at radius 3 is 1.90 bits per heavy atom. The summed E-state index contributed by atoms with van der Waals surface area (Å²) in [6, 6.07) is 10.8. The van der Waals surface area contributed by atoms with E-state index in [0.717, 1.165) is 16.5 Å².